The molecule has 6 heteroatoms. The van der Waals surface area contributed by atoms with Crippen LogP contribution in [0.3, 0.4) is 0 Å². The van der Waals surface area contributed by atoms with E-state index in [-0.39, 0.29) is 30.7 Å². The standard InChI is InChI=1S/C23H30N4O2/c1-17-16-22-26(14-5-15-27(22)25-17)23(29)13-12-21(28)24-20-10-8-19(9-11-20)18-6-3-2-4-7-18/h2-4,6-7,16,19-20H,5,8-15H2,1H3,(H,24,28). The Morgan fingerprint density at radius 1 is 1.07 bits per heavy atom. The Hall–Kier alpha value is -2.63. The molecule has 0 spiro atoms. The molecule has 0 radical (unpaired) electrons. The molecule has 0 atom stereocenters. The molecule has 1 aliphatic carbocycles. The predicted molar refractivity (Wildman–Crippen MR) is 113 cm³/mol. The van der Waals surface area contributed by atoms with Crippen molar-refractivity contribution in [2.75, 3.05) is 11.4 Å². The Bertz CT molecular complexity index is 853. The van der Waals surface area contributed by atoms with Gasteiger partial charge in [0, 0.05) is 38.0 Å². The van der Waals surface area contributed by atoms with Crippen LogP contribution in [0.1, 0.15) is 62.1 Å². The largest absolute Gasteiger partial charge is 0.353 e. The van der Waals surface area contributed by atoms with E-state index in [1.165, 1.54) is 5.56 Å². The summed E-state index contributed by atoms with van der Waals surface area (Å²) in [5.74, 6) is 1.45. The number of hydrogen-bond donors (Lipinski definition) is 1. The van der Waals surface area contributed by atoms with Gasteiger partial charge in [-0.05, 0) is 50.5 Å². The Morgan fingerprint density at radius 2 is 1.83 bits per heavy atom. The van der Waals surface area contributed by atoms with Gasteiger partial charge in [0.05, 0.1) is 5.69 Å². The first-order valence-electron chi connectivity index (χ1n) is 10.8. The first-order chi connectivity index (χ1) is 14.1. The van der Waals surface area contributed by atoms with Crippen LogP contribution in [-0.2, 0) is 16.1 Å². The average Bonchev–Trinajstić information content (AvgIpc) is 3.13. The third-order valence-electron chi connectivity index (χ3n) is 6.14. The van der Waals surface area contributed by atoms with Gasteiger partial charge in [-0.2, -0.15) is 5.10 Å². The molecule has 0 unspecified atom stereocenters. The SMILES string of the molecule is Cc1cc2n(n1)CCCN2C(=O)CCC(=O)NC1CCC(c2ccccc2)CC1. The molecular weight excluding hydrogens is 364 g/mol. The third-order valence-corrected chi connectivity index (χ3v) is 6.14. The summed E-state index contributed by atoms with van der Waals surface area (Å²) in [5, 5.41) is 7.57. The van der Waals surface area contributed by atoms with Gasteiger partial charge in [-0.25, -0.2) is 4.68 Å². The lowest BCUT2D eigenvalue weighted by molar-refractivity contribution is -0.125. The molecule has 1 aliphatic heterocycles. The van der Waals surface area contributed by atoms with Crippen molar-refractivity contribution in [2.24, 2.45) is 0 Å². The van der Waals surface area contributed by atoms with E-state index in [1.54, 1.807) is 4.90 Å². The number of carbonyl (C=O) groups is 2. The number of fused-ring (bicyclic) bond motifs is 1. The molecule has 2 aromatic rings. The fourth-order valence-electron chi connectivity index (χ4n) is 4.61. The van der Waals surface area contributed by atoms with Crippen molar-refractivity contribution in [1.82, 2.24) is 15.1 Å². The molecule has 2 aliphatic rings. The van der Waals surface area contributed by atoms with Crippen molar-refractivity contribution in [2.45, 2.75) is 70.4 Å². The van der Waals surface area contributed by atoms with Crippen LogP contribution in [-0.4, -0.2) is 34.2 Å². The van der Waals surface area contributed by atoms with E-state index >= 15 is 0 Å². The zero-order valence-electron chi connectivity index (χ0n) is 17.1. The number of rotatable bonds is 5. The van der Waals surface area contributed by atoms with Gasteiger partial charge in [0.25, 0.3) is 0 Å². The normalized spacial score (nSPS) is 21.5. The van der Waals surface area contributed by atoms with E-state index in [1.807, 2.05) is 17.7 Å². The summed E-state index contributed by atoms with van der Waals surface area (Å²) in [5.41, 5.74) is 2.32. The highest BCUT2D eigenvalue weighted by Gasteiger charge is 2.26. The summed E-state index contributed by atoms with van der Waals surface area (Å²) in [6.45, 7) is 3.49. The van der Waals surface area contributed by atoms with Crippen LogP contribution in [0.2, 0.25) is 0 Å². The van der Waals surface area contributed by atoms with Gasteiger partial charge in [0.1, 0.15) is 5.82 Å². The topological polar surface area (TPSA) is 67.2 Å². The van der Waals surface area contributed by atoms with E-state index in [2.05, 4.69) is 40.7 Å². The van der Waals surface area contributed by atoms with E-state index < -0.39 is 0 Å². The average molecular weight is 395 g/mol. The molecule has 1 aromatic heterocycles. The highest BCUT2D eigenvalue weighted by molar-refractivity contribution is 5.95. The van der Waals surface area contributed by atoms with Crippen LogP contribution in [0.25, 0.3) is 0 Å². The van der Waals surface area contributed by atoms with E-state index in [0.717, 1.165) is 50.2 Å². The van der Waals surface area contributed by atoms with Crippen molar-refractivity contribution in [3.63, 3.8) is 0 Å². The van der Waals surface area contributed by atoms with E-state index in [9.17, 15) is 9.59 Å². The predicted octanol–water partition coefficient (Wildman–Crippen LogP) is 3.55. The molecule has 29 heavy (non-hydrogen) atoms. The number of aromatic nitrogens is 2. The zero-order chi connectivity index (χ0) is 20.2. The molecule has 2 amide bonds. The monoisotopic (exact) mass is 394 g/mol. The number of benzene rings is 1. The molecule has 2 heterocycles. The number of aryl methyl sites for hydroxylation is 2. The van der Waals surface area contributed by atoms with Crippen molar-refractivity contribution < 1.29 is 9.59 Å². The maximum absolute atomic E-state index is 12.7. The zero-order valence-corrected chi connectivity index (χ0v) is 17.1. The van der Waals surface area contributed by atoms with Gasteiger partial charge in [0.15, 0.2) is 0 Å². The summed E-state index contributed by atoms with van der Waals surface area (Å²) < 4.78 is 1.89. The maximum Gasteiger partial charge on any atom is 0.228 e. The molecule has 1 saturated carbocycles. The summed E-state index contributed by atoms with van der Waals surface area (Å²) in [6.07, 6.45) is 5.61. The summed E-state index contributed by atoms with van der Waals surface area (Å²) >= 11 is 0. The van der Waals surface area contributed by atoms with Crippen LogP contribution >= 0.6 is 0 Å². The molecule has 0 bridgehead atoms. The first-order valence-corrected chi connectivity index (χ1v) is 10.8. The molecule has 1 aromatic carbocycles. The van der Waals surface area contributed by atoms with Crippen molar-refractivity contribution in [1.29, 1.82) is 0 Å². The molecule has 6 nitrogen and oxygen atoms in total. The Kier molecular flexibility index (Phi) is 5.97. The number of amides is 2. The number of hydrogen-bond acceptors (Lipinski definition) is 3. The van der Waals surface area contributed by atoms with Crippen molar-refractivity contribution >= 4 is 17.6 Å². The number of nitrogens with one attached hydrogen (secondary N) is 1. The second kappa shape index (κ2) is 8.80. The molecule has 1 N–H and O–H groups in total. The highest BCUT2D eigenvalue weighted by Crippen LogP contribution is 2.32. The van der Waals surface area contributed by atoms with Gasteiger partial charge in [-0.1, -0.05) is 30.3 Å². The van der Waals surface area contributed by atoms with Crippen LogP contribution < -0.4 is 10.2 Å². The summed E-state index contributed by atoms with van der Waals surface area (Å²) in [6, 6.07) is 12.8. The smallest absolute Gasteiger partial charge is 0.228 e. The summed E-state index contributed by atoms with van der Waals surface area (Å²) in [7, 11) is 0. The second-order valence-electron chi connectivity index (χ2n) is 8.29. The Labute approximate surface area is 172 Å². The van der Waals surface area contributed by atoms with Gasteiger partial charge in [0.2, 0.25) is 11.8 Å². The molecule has 154 valence electrons. The minimum atomic E-state index is -0.0109. The van der Waals surface area contributed by atoms with Crippen LogP contribution in [0.15, 0.2) is 36.4 Å². The Morgan fingerprint density at radius 3 is 2.59 bits per heavy atom. The fraction of sp³-hybridized carbons (Fsp3) is 0.522. The lowest BCUT2D eigenvalue weighted by Gasteiger charge is -2.30. The molecular formula is C23H30N4O2. The highest BCUT2D eigenvalue weighted by atomic mass is 16.2. The molecule has 4 rings (SSSR count). The molecule has 0 saturated heterocycles. The van der Waals surface area contributed by atoms with Crippen molar-refractivity contribution in [3.8, 4) is 0 Å². The minimum Gasteiger partial charge on any atom is -0.353 e. The fourth-order valence-corrected chi connectivity index (χ4v) is 4.61. The maximum atomic E-state index is 12.7. The van der Waals surface area contributed by atoms with Gasteiger partial charge < -0.3 is 5.32 Å². The lowest BCUT2D eigenvalue weighted by Crippen LogP contribution is -2.40. The lowest BCUT2D eigenvalue weighted by atomic mass is 9.82. The quantitative estimate of drug-likeness (QED) is 0.843. The molecule has 1 fully saturated rings. The van der Waals surface area contributed by atoms with Crippen LogP contribution in [0.4, 0.5) is 5.82 Å². The third kappa shape index (κ3) is 4.69. The first kappa shape index (κ1) is 19.7. The van der Waals surface area contributed by atoms with Gasteiger partial charge in [-0.15, -0.1) is 0 Å². The Balaban J connectivity index is 1.22. The minimum absolute atomic E-state index is 0.00813. The van der Waals surface area contributed by atoms with Crippen LogP contribution in [0, 0.1) is 6.92 Å². The van der Waals surface area contributed by atoms with Gasteiger partial charge in [-0.3, -0.25) is 14.5 Å². The van der Waals surface area contributed by atoms with E-state index in [4.69, 9.17) is 0 Å². The number of anilines is 1. The second-order valence-corrected chi connectivity index (χ2v) is 8.29. The van der Waals surface area contributed by atoms with Crippen LogP contribution in [0.5, 0.6) is 0 Å². The van der Waals surface area contributed by atoms with E-state index in [0.29, 0.717) is 12.5 Å². The van der Waals surface area contributed by atoms with Gasteiger partial charge >= 0.3 is 0 Å². The number of nitrogens with zero attached hydrogens (tertiary/aromatic N) is 3. The summed E-state index contributed by atoms with van der Waals surface area (Å²) in [4.78, 5) is 26.9. The van der Waals surface area contributed by atoms with Crippen molar-refractivity contribution in [3.05, 3.63) is 47.7 Å². The number of carbonyl (C=O) groups excluding carboxylic acids is 2.